The molecule has 1 atom stereocenters. The molecule has 0 bridgehead atoms. The summed E-state index contributed by atoms with van der Waals surface area (Å²) in [5.41, 5.74) is -0.332. The van der Waals surface area contributed by atoms with Crippen molar-refractivity contribution in [1.29, 1.82) is 5.26 Å². The van der Waals surface area contributed by atoms with Crippen molar-refractivity contribution in [3.63, 3.8) is 0 Å². The molecule has 0 aliphatic carbocycles. The Kier molecular flexibility index (Phi) is 3.28. The van der Waals surface area contributed by atoms with Crippen LogP contribution in [0.3, 0.4) is 0 Å². The Morgan fingerprint density at radius 1 is 1.44 bits per heavy atom. The minimum Gasteiger partial charge on any atom is -0.258 e. The number of para-hydroxylation sites is 1. The van der Waals surface area contributed by atoms with Gasteiger partial charge in [0.2, 0.25) is 0 Å². The first-order valence-corrected chi connectivity index (χ1v) is 5.08. The van der Waals surface area contributed by atoms with Crippen LogP contribution >= 0.6 is 0 Å². The molecule has 0 saturated carbocycles. The van der Waals surface area contributed by atoms with Crippen molar-refractivity contribution in [3.8, 4) is 6.07 Å². The van der Waals surface area contributed by atoms with Crippen molar-refractivity contribution in [2.24, 2.45) is 5.92 Å². The Morgan fingerprint density at radius 2 is 2.00 bits per heavy atom. The van der Waals surface area contributed by atoms with Crippen LogP contribution in [0.1, 0.15) is 26.3 Å². The van der Waals surface area contributed by atoms with E-state index in [1.54, 1.807) is 25.1 Å². The lowest BCUT2D eigenvalue weighted by Gasteiger charge is -2.25. The van der Waals surface area contributed by atoms with Crippen molar-refractivity contribution in [2.45, 2.75) is 26.2 Å². The molecule has 1 aromatic carbocycles. The zero-order valence-electron chi connectivity index (χ0n) is 9.60. The van der Waals surface area contributed by atoms with Gasteiger partial charge in [0.1, 0.15) is 0 Å². The fourth-order valence-electron chi connectivity index (χ4n) is 1.57. The summed E-state index contributed by atoms with van der Waals surface area (Å²) in [7, 11) is 0. The average molecular weight is 218 g/mol. The van der Waals surface area contributed by atoms with Gasteiger partial charge in [-0.05, 0) is 12.8 Å². The largest absolute Gasteiger partial charge is 0.274 e. The molecule has 0 N–H and O–H groups in total. The number of hydrogen-bond donors (Lipinski definition) is 0. The zero-order chi connectivity index (χ0) is 12.3. The fourth-order valence-corrected chi connectivity index (χ4v) is 1.57. The van der Waals surface area contributed by atoms with Gasteiger partial charge in [0.15, 0.2) is 0 Å². The van der Waals surface area contributed by atoms with Crippen LogP contribution in [0.15, 0.2) is 24.3 Å². The molecule has 0 heterocycles. The third-order valence-corrected chi connectivity index (χ3v) is 3.05. The lowest BCUT2D eigenvalue weighted by Crippen LogP contribution is -2.27. The van der Waals surface area contributed by atoms with E-state index in [0.717, 1.165) is 0 Å². The SMILES string of the molecule is CC(C)C(C)(C#N)c1ccccc1[N+](=O)[O-]. The summed E-state index contributed by atoms with van der Waals surface area (Å²) in [5, 5.41) is 20.1. The molecule has 0 aliphatic rings. The highest BCUT2D eigenvalue weighted by molar-refractivity contribution is 5.48. The molecule has 1 rings (SSSR count). The van der Waals surface area contributed by atoms with Crippen molar-refractivity contribution in [2.75, 3.05) is 0 Å². The van der Waals surface area contributed by atoms with Gasteiger partial charge in [-0.3, -0.25) is 10.1 Å². The smallest absolute Gasteiger partial charge is 0.258 e. The summed E-state index contributed by atoms with van der Waals surface area (Å²) < 4.78 is 0. The van der Waals surface area contributed by atoms with Crippen molar-refractivity contribution in [1.82, 2.24) is 0 Å². The van der Waals surface area contributed by atoms with Gasteiger partial charge in [-0.15, -0.1) is 0 Å². The van der Waals surface area contributed by atoms with E-state index in [4.69, 9.17) is 0 Å². The number of nitro groups is 1. The number of nitro benzene ring substituents is 1. The number of hydrogen-bond acceptors (Lipinski definition) is 3. The maximum absolute atomic E-state index is 10.9. The van der Waals surface area contributed by atoms with Gasteiger partial charge in [-0.2, -0.15) is 5.26 Å². The van der Waals surface area contributed by atoms with E-state index in [2.05, 4.69) is 6.07 Å². The molecule has 0 fully saturated rings. The van der Waals surface area contributed by atoms with E-state index in [-0.39, 0.29) is 11.6 Å². The molecule has 1 unspecified atom stereocenters. The first kappa shape index (κ1) is 12.2. The minimum absolute atomic E-state index is 0.0126. The first-order valence-electron chi connectivity index (χ1n) is 5.08. The summed E-state index contributed by atoms with van der Waals surface area (Å²) >= 11 is 0. The summed E-state index contributed by atoms with van der Waals surface area (Å²) in [6.07, 6.45) is 0. The summed E-state index contributed by atoms with van der Waals surface area (Å²) in [4.78, 5) is 10.5. The van der Waals surface area contributed by atoms with Crippen LogP contribution in [-0.4, -0.2) is 4.92 Å². The van der Waals surface area contributed by atoms with E-state index in [1.165, 1.54) is 6.07 Å². The molecule has 4 nitrogen and oxygen atoms in total. The summed E-state index contributed by atoms with van der Waals surface area (Å²) in [6, 6.07) is 8.61. The van der Waals surface area contributed by atoms with E-state index in [0.29, 0.717) is 5.56 Å². The molecular formula is C12H14N2O2. The molecular weight excluding hydrogens is 204 g/mol. The number of benzene rings is 1. The number of nitrogens with zero attached hydrogens (tertiary/aromatic N) is 2. The molecule has 84 valence electrons. The maximum Gasteiger partial charge on any atom is 0.274 e. The van der Waals surface area contributed by atoms with Gasteiger partial charge < -0.3 is 0 Å². The van der Waals surface area contributed by atoms with E-state index >= 15 is 0 Å². The molecule has 16 heavy (non-hydrogen) atoms. The average Bonchev–Trinajstić information content (AvgIpc) is 2.27. The standard InChI is InChI=1S/C12H14N2O2/c1-9(2)12(3,8-13)10-6-4-5-7-11(10)14(15)16/h4-7,9H,1-3H3. The summed E-state index contributed by atoms with van der Waals surface area (Å²) in [6.45, 7) is 5.51. The highest BCUT2D eigenvalue weighted by Crippen LogP contribution is 2.36. The zero-order valence-corrected chi connectivity index (χ0v) is 9.60. The fraction of sp³-hybridized carbons (Fsp3) is 0.417. The lowest BCUT2D eigenvalue weighted by atomic mass is 9.74. The molecule has 0 amide bonds. The topological polar surface area (TPSA) is 66.9 Å². The second-order valence-electron chi connectivity index (χ2n) is 4.24. The van der Waals surface area contributed by atoms with Crippen molar-refractivity contribution in [3.05, 3.63) is 39.9 Å². The van der Waals surface area contributed by atoms with E-state index in [9.17, 15) is 15.4 Å². The first-order chi connectivity index (χ1) is 7.43. The van der Waals surface area contributed by atoms with Gasteiger partial charge in [0.05, 0.1) is 22.0 Å². The molecule has 0 spiro atoms. The van der Waals surface area contributed by atoms with Crippen molar-refractivity contribution < 1.29 is 4.92 Å². The summed E-state index contributed by atoms with van der Waals surface area (Å²) in [5.74, 6) is 0.0126. The highest BCUT2D eigenvalue weighted by atomic mass is 16.6. The third kappa shape index (κ3) is 1.89. The van der Waals surface area contributed by atoms with E-state index in [1.807, 2.05) is 13.8 Å². The number of rotatable bonds is 3. The van der Waals surface area contributed by atoms with Gasteiger partial charge in [0.25, 0.3) is 5.69 Å². The lowest BCUT2D eigenvalue weighted by molar-refractivity contribution is -0.386. The Bertz CT molecular complexity index is 449. The second-order valence-corrected chi connectivity index (χ2v) is 4.24. The Hall–Kier alpha value is -1.89. The van der Waals surface area contributed by atoms with Crippen LogP contribution in [0.4, 0.5) is 5.69 Å². The predicted octanol–water partition coefficient (Wildman–Crippen LogP) is 3.03. The number of nitriles is 1. The third-order valence-electron chi connectivity index (χ3n) is 3.05. The molecule has 0 saturated heterocycles. The van der Waals surface area contributed by atoms with Crippen LogP contribution < -0.4 is 0 Å². The van der Waals surface area contributed by atoms with Gasteiger partial charge >= 0.3 is 0 Å². The normalized spacial score (nSPS) is 14.2. The minimum atomic E-state index is -0.830. The Labute approximate surface area is 94.7 Å². The monoisotopic (exact) mass is 218 g/mol. The van der Waals surface area contributed by atoms with Crippen LogP contribution in [0.5, 0.6) is 0 Å². The van der Waals surface area contributed by atoms with Gasteiger partial charge in [-0.1, -0.05) is 32.0 Å². The van der Waals surface area contributed by atoms with Crippen LogP contribution in [0, 0.1) is 27.4 Å². The highest BCUT2D eigenvalue weighted by Gasteiger charge is 2.36. The van der Waals surface area contributed by atoms with Crippen LogP contribution in [0.2, 0.25) is 0 Å². The van der Waals surface area contributed by atoms with E-state index < -0.39 is 10.3 Å². The predicted molar refractivity (Wildman–Crippen MR) is 60.9 cm³/mol. The Balaban J connectivity index is 3.43. The quantitative estimate of drug-likeness (QED) is 0.578. The van der Waals surface area contributed by atoms with Crippen molar-refractivity contribution >= 4 is 5.69 Å². The molecule has 4 heteroatoms. The molecule has 0 radical (unpaired) electrons. The second kappa shape index (κ2) is 4.31. The molecule has 0 aliphatic heterocycles. The molecule has 0 aromatic heterocycles. The molecule has 1 aromatic rings. The Morgan fingerprint density at radius 3 is 2.44 bits per heavy atom. The maximum atomic E-state index is 10.9. The van der Waals surface area contributed by atoms with Crippen LogP contribution in [0.25, 0.3) is 0 Å². The van der Waals surface area contributed by atoms with Crippen LogP contribution in [-0.2, 0) is 5.41 Å². The van der Waals surface area contributed by atoms with Gasteiger partial charge in [0, 0.05) is 6.07 Å². The van der Waals surface area contributed by atoms with Gasteiger partial charge in [-0.25, -0.2) is 0 Å².